The molecule has 2 saturated heterocycles. The number of rotatable bonds is 5. The normalized spacial score (nSPS) is 22.6. The summed E-state index contributed by atoms with van der Waals surface area (Å²) in [6, 6.07) is 0.355. The molecule has 0 aliphatic carbocycles. The number of amides is 1. The van der Waals surface area contributed by atoms with Crippen molar-refractivity contribution in [2.75, 3.05) is 32.4 Å². The SMILES string of the molecule is CCc1cnc(OC2CCCN(C(=O)C3CCN(S(C)(=O)=O)CC3)C2)nc1. The van der Waals surface area contributed by atoms with Gasteiger partial charge in [0.25, 0.3) is 0 Å². The van der Waals surface area contributed by atoms with Crippen molar-refractivity contribution in [3.05, 3.63) is 18.0 Å². The molecule has 2 fully saturated rings. The number of carbonyl (C=O) groups is 1. The molecule has 27 heavy (non-hydrogen) atoms. The third kappa shape index (κ3) is 5.16. The van der Waals surface area contributed by atoms with Crippen molar-refractivity contribution in [3.63, 3.8) is 0 Å². The Kier molecular flexibility index (Phi) is 6.31. The Morgan fingerprint density at radius 2 is 1.85 bits per heavy atom. The van der Waals surface area contributed by atoms with E-state index < -0.39 is 10.0 Å². The molecule has 2 aliphatic heterocycles. The van der Waals surface area contributed by atoms with Crippen LogP contribution in [0.25, 0.3) is 0 Å². The molecule has 1 amide bonds. The van der Waals surface area contributed by atoms with E-state index in [9.17, 15) is 13.2 Å². The second kappa shape index (κ2) is 8.52. The molecule has 0 radical (unpaired) electrons. The fraction of sp³-hybridized carbons (Fsp3) is 0.722. The van der Waals surface area contributed by atoms with E-state index in [2.05, 4.69) is 9.97 Å². The number of sulfonamides is 1. The van der Waals surface area contributed by atoms with Crippen LogP contribution in [0, 0.1) is 5.92 Å². The number of nitrogens with zero attached hydrogens (tertiary/aromatic N) is 4. The van der Waals surface area contributed by atoms with Crippen LogP contribution in [0.1, 0.15) is 38.2 Å². The van der Waals surface area contributed by atoms with Crippen LogP contribution in [-0.4, -0.2) is 72.0 Å². The number of hydrogen-bond donors (Lipinski definition) is 0. The molecule has 2 aliphatic rings. The molecule has 3 rings (SSSR count). The van der Waals surface area contributed by atoms with E-state index in [1.807, 2.05) is 11.8 Å². The molecule has 150 valence electrons. The third-order valence-corrected chi connectivity index (χ3v) is 6.63. The zero-order valence-electron chi connectivity index (χ0n) is 16.0. The number of ether oxygens (including phenoxy) is 1. The molecular weight excluding hydrogens is 368 g/mol. The quantitative estimate of drug-likeness (QED) is 0.739. The van der Waals surface area contributed by atoms with E-state index in [0.29, 0.717) is 38.5 Å². The third-order valence-electron chi connectivity index (χ3n) is 5.32. The highest BCUT2D eigenvalue weighted by Gasteiger charge is 2.33. The molecule has 3 heterocycles. The van der Waals surface area contributed by atoms with Crippen molar-refractivity contribution in [1.29, 1.82) is 0 Å². The minimum Gasteiger partial charge on any atom is -0.458 e. The number of aromatic nitrogens is 2. The Morgan fingerprint density at radius 1 is 1.19 bits per heavy atom. The highest BCUT2D eigenvalue weighted by molar-refractivity contribution is 7.88. The number of hydrogen-bond acceptors (Lipinski definition) is 6. The van der Waals surface area contributed by atoms with Crippen LogP contribution in [-0.2, 0) is 21.2 Å². The highest BCUT2D eigenvalue weighted by Crippen LogP contribution is 2.24. The summed E-state index contributed by atoms with van der Waals surface area (Å²) in [6.45, 7) is 4.14. The maximum Gasteiger partial charge on any atom is 0.316 e. The Labute approximate surface area is 161 Å². The van der Waals surface area contributed by atoms with Crippen molar-refractivity contribution in [3.8, 4) is 6.01 Å². The van der Waals surface area contributed by atoms with Crippen LogP contribution in [0.2, 0.25) is 0 Å². The first-order valence-electron chi connectivity index (χ1n) is 9.58. The molecule has 8 nitrogen and oxygen atoms in total. The van der Waals surface area contributed by atoms with E-state index in [1.165, 1.54) is 10.6 Å². The van der Waals surface area contributed by atoms with Gasteiger partial charge in [0.15, 0.2) is 0 Å². The monoisotopic (exact) mass is 396 g/mol. The van der Waals surface area contributed by atoms with E-state index in [0.717, 1.165) is 31.4 Å². The van der Waals surface area contributed by atoms with Crippen molar-refractivity contribution < 1.29 is 17.9 Å². The standard InChI is InChI=1S/C18H28N4O4S/c1-3-14-11-19-18(20-12-14)26-16-5-4-8-21(13-16)17(23)15-6-9-22(10-7-15)27(2,24)25/h11-12,15-16H,3-10,13H2,1-2H3. The maximum atomic E-state index is 12.9. The van der Waals surface area contributed by atoms with Crippen LogP contribution in [0.5, 0.6) is 6.01 Å². The van der Waals surface area contributed by atoms with Gasteiger partial charge in [-0.2, -0.15) is 0 Å². The smallest absolute Gasteiger partial charge is 0.316 e. The average molecular weight is 397 g/mol. The summed E-state index contributed by atoms with van der Waals surface area (Å²) in [4.78, 5) is 23.2. The number of aryl methyl sites for hydroxylation is 1. The summed E-state index contributed by atoms with van der Waals surface area (Å²) in [5.41, 5.74) is 1.06. The van der Waals surface area contributed by atoms with Crippen LogP contribution < -0.4 is 4.74 Å². The van der Waals surface area contributed by atoms with Gasteiger partial charge >= 0.3 is 6.01 Å². The number of likely N-dealkylation sites (tertiary alicyclic amines) is 1. The van der Waals surface area contributed by atoms with Crippen LogP contribution >= 0.6 is 0 Å². The van der Waals surface area contributed by atoms with E-state index in [-0.39, 0.29) is 17.9 Å². The van der Waals surface area contributed by atoms with E-state index in [4.69, 9.17) is 4.74 Å². The summed E-state index contributed by atoms with van der Waals surface area (Å²) in [5.74, 6) is 0.000498. The Morgan fingerprint density at radius 3 is 2.44 bits per heavy atom. The summed E-state index contributed by atoms with van der Waals surface area (Å²) < 4.78 is 30.6. The Hall–Kier alpha value is -1.74. The van der Waals surface area contributed by atoms with Gasteiger partial charge in [0.2, 0.25) is 15.9 Å². The molecule has 0 N–H and O–H groups in total. The van der Waals surface area contributed by atoms with Crippen LogP contribution in [0.4, 0.5) is 0 Å². The molecule has 1 aromatic rings. The minimum atomic E-state index is -3.17. The average Bonchev–Trinajstić information content (AvgIpc) is 2.68. The van der Waals surface area contributed by atoms with Gasteiger partial charge in [-0.3, -0.25) is 4.79 Å². The van der Waals surface area contributed by atoms with Gasteiger partial charge < -0.3 is 9.64 Å². The lowest BCUT2D eigenvalue weighted by atomic mass is 9.95. The molecular formula is C18H28N4O4S. The van der Waals surface area contributed by atoms with Crippen molar-refractivity contribution >= 4 is 15.9 Å². The van der Waals surface area contributed by atoms with E-state index in [1.54, 1.807) is 12.4 Å². The summed E-state index contributed by atoms with van der Waals surface area (Å²) >= 11 is 0. The second-order valence-electron chi connectivity index (χ2n) is 7.33. The Bertz CT molecular complexity index is 745. The van der Waals surface area contributed by atoms with Gasteiger partial charge in [-0.25, -0.2) is 22.7 Å². The molecule has 0 aromatic carbocycles. The largest absolute Gasteiger partial charge is 0.458 e. The first-order chi connectivity index (χ1) is 12.9. The van der Waals surface area contributed by atoms with Gasteiger partial charge in [-0.1, -0.05) is 6.92 Å². The molecule has 1 unspecified atom stereocenters. The molecule has 0 spiro atoms. The fourth-order valence-corrected chi connectivity index (χ4v) is 4.54. The van der Waals surface area contributed by atoms with Crippen molar-refractivity contribution in [1.82, 2.24) is 19.2 Å². The lowest BCUT2D eigenvalue weighted by molar-refractivity contribution is -0.139. The first-order valence-corrected chi connectivity index (χ1v) is 11.4. The van der Waals surface area contributed by atoms with Crippen LogP contribution in [0.15, 0.2) is 12.4 Å². The Balaban J connectivity index is 1.53. The topological polar surface area (TPSA) is 92.7 Å². The van der Waals surface area contributed by atoms with Gasteiger partial charge in [-0.05, 0) is 37.7 Å². The fourth-order valence-electron chi connectivity index (χ4n) is 3.66. The summed E-state index contributed by atoms with van der Waals surface area (Å²) in [6.07, 6.45) is 8.44. The first kappa shape index (κ1) is 20.0. The van der Waals surface area contributed by atoms with E-state index >= 15 is 0 Å². The molecule has 9 heteroatoms. The summed E-state index contributed by atoms with van der Waals surface area (Å²) in [7, 11) is -3.17. The molecule has 1 atom stereocenters. The molecule has 0 bridgehead atoms. The minimum absolute atomic E-state index is 0.105. The van der Waals surface area contributed by atoms with Gasteiger partial charge in [-0.15, -0.1) is 0 Å². The second-order valence-corrected chi connectivity index (χ2v) is 9.31. The highest BCUT2D eigenvalue weighted by atomic mass is 32.2. The van der Waals surface area contributed by atoms with Gasteiger partial charge in [0.1, 0.15) is 6.10 Å². The lowest BCUT2D eigenvalue weighted by Gasteiger charge is -2.37. The lowest BCUT2D eigenvalue weighted by Crippen LogP contribution is -2.49. The molecule has 1 aromatic heterocycles. The number of carbonyl (C=O) groups excluding carboxylic acids is 1. The molecule has 0 saturated carbocycles. The predicted octanol–water partition coefficient (Wildman–Crippen LogP) is 1.08. The van der Waals surface area contributed by atoms with Crippen molar-refractivity contribution in [2.24, 2.45) is 5.92 Å². The van der Waals surface area contributed by atoms with Gasteiger partial charge in [0.05, 0.1) is 12.8 Å². The van der Waals surface area contributed by atoms with Crippen LogP contribution in [0.3, 0.4) is 0 Å². The summed E-state index contributed by atoms with van der Waals surface area (Å²) in [5, 5.41) is 0. The predicted molar refractivity (Wildman–Crippen MR) is 101 cm³/mol. The maximum absolute atomic E-state index is 12.9. The van der Waals surface area contributed by atoms with Crippen molar-refractivity contribution in [2.45, 2.75) is 45.1 Å². The number of piperidine rings is 2. The zero-order chi connectivity index (χ0) is 19.4. The van der Waals surface area contributed by atoms with Gasteiger partial charge in [0, 0.05) is 37.9 Å². The zero-order valence-corrected chi connectivity index (χ0v) is 16.8.